The van der Waals surface area contributed by atoms with Gasteiger partial charge in [0.05, 0.1) is 6.10 Å². The number of fused-ring (bicyclic) bond motifs is 1. The Kier molecular flexibility index (Phi) is 2.70. The van der Waals surface area contributed by atoms with E-state index < -0.39 is 0 Å². The van der Waals surface area contributed by atoms with Crippen molar-refractivity contribution in [3.8, 4) is 0 Å². The van der Waals surface area contributed by atoms with E-state index in [4.69, 9.17) is 4.74 Å². The van der Waals surface area contributed by atoms with Crippen LogP contribution in [-0.2, 0) is 11.2 Å². The van der Waals surface area contributed by atoms with Gasteiger partial charge in [0.25, 0.3) is 0 Å². The van der Waals surface area contributed by atoms with Crippen molar-refractivity contribution in [2.45, 2.75) is 25.4 Å². The van der Waals surface area contributed by atoms with Crippen molar-refractivity contribution in [2.75, 3.05) is 13.2 Å². The van der Waals surface area contributed by atoms with Crippen LogP contribution in [0.5, 0.6) is 0 Å². The number of aliphatic hydroxyl groups excluding tert-OH is 1. The smallest absolute Gasteiger partial charge is 0.0827 e. The number of hydrogen-bond acceptors (Lipinski definition) is 2. The van der Waals surface area contributed by atoms with E-state index in [2.05, 4.69) is 18.2 Å². The van der Waals surface area contributed by atoms with Crippen molar-refractivity contribution in [3.63, 3.8) is 0 Å². The molecule has 1 aromatic carbocycles. The maximum Gasteiger partial charge on any atom is 0.0827 e. The van der Waals surface area contributed by atoms with Crippen LogP contribution in [0, 0.1) is 11.8 Å². The van der Waals surface area contributed by atoms with Crippen LogP contribution in [0.1, 0.15) is 30.1 Å². The average molecular weight is 218 g/mol. The molecule has 0 radical (unpaired) electrons. The Bertz CT molecular complexity index is 369. The van der Waals surface area contributed by atoms with Crippen LogP contribution in [0.15, 0.2) is 24.3 Å². The Labute approximate surface area is 96.2 Å². The summed E-state index contributed by atoms with van der Waals surface area (Å²) < 4.78 is 5.53. The third kappa shape index (κ3) is 1.66. The Balaban J connectivity index is 1.80. The summed E-state index contributed by atoms with van der Waals surface area (Å²) >= 11 is 0. The van der Waals surface area contributed by atoms with Crippen LogP contribution in [0.4, 0.5) is 0 Å². The Morgan fingerprint density at radius 1 is 1.25 bits per heavy atom. The summed E-state index contributed by atoms with van der Waals surface area (Å²) in [5.74, 6) is 0.911. The van der Waals surface area contributed by atoms with Gasteiger partial charge in [-0.2, -0.15) is 0 Å². The molecule has 3 unspecified atom stereocenters. The monoisotopic (exact) mass is 218 g/mol. The predicted octanol–water partition coefficient (Wildman–Crippen LogP) is 2.32. The quantitative estimate of drug-likeness (QED) is 0.784. The van der Waals surface area contributed by atoms with Crippen molar-refractivity contribution in [1.82, 2.24) is 0 Å². The third-order valence-corrected chi connectivity index (χ3v) is 4.04. The van der Waals surface area contributed by atoms with Gasteiger partial charge in [0.2, 0.25) is 0 Å². The van der Waals surface area contributed by atoms with E-state index in [0.717, 1.165) is 31.6 Å². The lowest BCUT2D eigenvalue weighted by atomic mass is 9.84. The summed E-state index contributed by atoms with van der Waals surface area (Å²) in [6.07, 6.45) is 3.09. The largest absolute Gasteiger partial charge is 0.388 e. The fourth-order valence-corrected chi connectivity index (χ4v) is 3.13. The standard InChI is InChI=1S/C14H18O2/c15-14-12-6-2-1-4-10(12)8-13(14)11-5-3-7-16-9-11/h1-2,4,6,11,13-15H,3,5,7-9H2. The third-order valence-electron chi connectivity index (χ3n) is 4.04. The highest BCUT2D eigenvalue weighted by Gasteiger charge is 2.36. The highest BCUT2D eigenvalue weighted by Crippen LogP contribution is 2.42. The molecule has 3 rings (SSSR count). The summed E-state index contributed by atoms with van der Waals surface area (Å²) in [6.45, 7) is 1.72. The van der Waals surface area contributed by atoms with Crippen molar-refractivity contribution in [2.24, 2.45) is 11.8 Å². The van der Waals surface area contributed by atoms with Crippen LogP contribution in [-0.4, -0.2) is 18.3 Å². The van der Waals surface area contributed by atoms with Crippen molar-refractivity contribution in [3.05, 3.63) is 35.4 Å². The minimum Gasteiger partial charge on any atom is -0.388 e. The fraction of sp³-hybridized carbons (Fsp3) is 0.571. The van der Waals surface area contributed by atoms with E-state index in [1.807, 2.05) is 6.07 Å². The summed E-state index contributed by atoms with van der Waals surface area (Å²) in [6, 6.07) is 8.28. The molecule has 0 amide bonds. The molecule has 1 saturated heterocycles. The Morgan fingerprint density at radius 3 is 2.88 bits per heavy atom. The van der Waals surface area contributed by atoms with E-state index in [1.165, 1.54) is 12.0 Å². The molecule has 0 saturated carbocycles. The molecule has 1 aromatic rings. The Hall–Kier alpha value is -0.860. The van der Waals surface area contributed by atoms with Crippen LogP contribution in [0.3, 0.4) is 0 Å². The maximum atomic E-state index is 10.3. The van der Waals surface area contributed by atoms with Gasteiger partial charge in [0, 0.05) is 13.2 Å². The van der Waals surface area contributed by atoms with Gasteiger partial charge in [-0.3, -0.25) is 0 Å². The van der Waals surface area contributed by atoms with E-state index in [-0.39, 0.29) is 6.10 Å². The molecule has 0 aromatic heterocycles. The van der Waals surface area contributed by atoms with Gasteiger partial charge in [0.1, 0.15) is 0 Å². The molecule has 1 aliphatic heterocycles. The molecule has 2 heteroatoms. The van der Waals surface area contributed by atoms with Gasteiger partial charge in [-0.25, -0.2) is 0 Å². The molecule has 2 nitrogen and oxygen atoms in total. The molecule has 3 atom stereocenters. The zero-order valence-electron chi connectivity index (χ0n) is 9.43. The number of ether oxygens (including phenoxy) is 1. The van der Waals surface area contributed by atoms with E-state index in [9.17, 15) is 5.11 Å². The van der Waals surface area contributed by atoms with E-state index in [0.29, 0.717) is 11.8 Å². The topological polar surface area (TPSA) is 29.5 Å². The minimum atomic E-state index is -0.275. The summed E-state index contributed by atoms with van der Waals surface area (Å²) in [7, 11) is 0. The highest BCUT2D eigenvalue weighted by atomic mass is 16.5. The second-order valence-electron chi connectivity index (χ2n) is 4.99. The molecule has 1 N–H and O–H groups in total. The van der Waals surface area contributed by atoms with Gasteiger partial charge < -0.3 is 9.84 Å². The summed E-state index contributed by atoms with van der Waals surface area (Å²) in [5.41, 5.74) is 2.46. The van der Waals surface area contributed by atoms with Gasteiger partial charge in [-0.15, -0.1) is 0 Å². The lowest BCUT2D eigenvalue weighted by Gasteiger charge is -2.29. The molecule has 0 bridgehead atoms. The number of hydrogen-bond donors (Lipinski definition) is 1. The minimum absolute atomic E-state index is 0.275. The number of rotatable bonds is 1. The maximum absolute atomic E-state index is 10.3. The second-order valence-corrected chi connectivity index (χ2v) is 4.99. The number of benzene rings is 1. The van der Waals surface area contributed by atoms with E-state index in [1.54, 1.807) is 0 Å². The van der Waals surface area contributed by atoms with Crippen molar-refractivity contribution in [1.29, 1.82) is 0 Å². The average Bonchev–Trinajstić information content (AvgIpc) is 2.69. The first-order chi connectivity index (χ1) is 7.86. The second kappa shape index (κ2) is 4.19. The lowest BCUT2D eigenvalue weighted by Crippen LogP contribution is -2.27. The Morgan fingerprint density at radius 2 is 2.12 bits per heavy atom. The predicted molar refractivity (Wildman–Crippen MR) is 62.1 cm³/mol. The molecule has 2 aliphatic rings. The molecule has 1 aliphatic carbocycles. The van der Waals surface area contributed by atoms with Gasteiger partial charge in [0.15, 0.2) is 0 Å². The molecule has 1 heterocycles. The van der Waals surface area contributed by atoms with Crippen LogP contribution >= 0.6 is 0 Å². The zero-order valence-corrected chi connectivity index (χ0v) is 9.43. The molecule has 1 fully saturated rings. The number of aliphatic hydroxyl groups is 1. The molecular formula is C14H18O2. The van der Waals surface area contributed by atoms with E-state index >= 15 is 0 Å². The SMILES string of the molecule is OC1c2ccccc2CC1C1CCCOC1. The first-order valence-corrected chi connectivity index (χ1v) is 6.20. The van der Waals surface area contributed by atoms with Crippen LogP contribution in [0.2, 0.25) is 0 Å². The first-order valence-electron chi connectivity index (χ1n) is 6.20. The molecule has 86 valence electrons. The van der Waals surface area contributed by atoms with Crippen LogP contribution < -0.4 is 0 Å². The lowest BCUT2D eigenvalue weighted by molar-refractivity contribution is -0.00530. The highest BCUT2D eigenvalue weighted by molar-refractivity contribution is 5.34. The molecule has 0 spiro atoms. The first kappa shape index (κ1) is 10.3. The van der Waals surface area contributed by atoms with Gasteiger partial charge >= 0.3 is 0 Å². The van der Waals surface area contributed by atoms with Gasteiger partial charge in [-0.1, -0.05) is 24.3 Å². The van der Waals surface area contributed by atoms with Crippen LogP contribution in [0.25, 0.3) is 0 Å². The molecule has 16 heavy (non-hydrogen) atoms. The summed E-state index contributed by atoms with van der Waals surface area (Å²) in [4.78, 5) is 0. The zero-order chi connectivity index (χ0) is 11.0. The molecular weight excluding hydrogens is 200 g/mol. The fourth-order valence-electron chi connectivity index (χ4n) is 3.13. The van der Waals surface area contributed by atoms with Crippen molar-refractivity contribution < 1.29 is 9.84 Å². The van der Waals surface area contributed by atoms with Crippen molar-refractivity contribution >= 4 is 0 Å². The summed E-state index contributed by atoms with van der Waals surface area (Å²) in [5, 5.41) is 10.3. The van der Waals surface area contributed by atoms with Gasteiger partial charge in [-0.05, 0) is 42.2 Å². The normalized spacial score (nSPS) is 33.7.